The lowest BCUT2D eigenvalue weighted by molar-refractivity contribution is 0.199. The van der Waals surface area contributed by atoms with Gasteiger partial charge in [-0.05, 0) is 53.0 Å². The van der Waals surface area contributed by atoms with Gasteiger partial charge in [0.2, 0.25) is 0 Å². The Morgan fingerprint density at radius 3 is 2.64 bits per heavy atom. The molecule has 136 valence electrons. The van der Waals surface area contributed by atoms with Crippen LogP contribution in [0.15, 0.2) is 40.9 Å². The van der Waals surface area contributed by atoms with Crippen molar-refractivity contribution in [3.63, 3.8) is 0 Å². The van der Waals surface area contributed by atoms with Crippen LogP contribution in [-0.2, 0) is 17.9 Å². The molecule has 0 aliphatic rings. The van der Waals surface area contributed by atoms with Crippen molar-refractivity contribution in [2.75, 3.05) is 26.9 Å². The number of nitrogens with one attached hydrogen (secondary N) is 1. The molecule has 0 aliphatic carbocycles. The predicted octanol–water partition coefficient (Wildman–Crippen LogP) is 4.47. The number of halogens is 1. The zero-order chi connectivity index (χ0) is 18.1. The second kappa shape index (κ2) is 10.4. The van der Waals surface area contributed by atoms with E-state index < -0.39 is 0 Å². The summed E-state index contributed by atoms with van der Waals surface area (Å²) in [7, 11) is 1.70. The maximum atomic E-state index is 6.05. The summed E-state index contributed by atoms with van der Waals surface area (Å²) in [4.78, 5) is 0. The van der Waals surface area contributed by atoms with Gasteiger partial charge in [-0.2, -0.15) is 0 Å². The van der Waals surface area contributed by atoms with Gasteiger partial charge in [0.1, 0.15) is 6.61 Å². The summed E-state index contributed by atoms with van der Waals surface area (Å²) in [6, 6.07) is 12.4. The summed E-state index contributed by atoms with van der Waals surface area (Å²) in [6.07, 6.45) is 0. The minimum Gasteiger partial charge on any atom is -0.490 e. The van der Waals surface area contributed by atoms with Gasteiger partial charge in [0.15, 0.2) is 11.5 Å². The lowest BCUT2D eigenvalue weighted by Gasteiger charge is -2.16. The lowest BCUT2D eigenvalue weighted by atomic mass is 10.1. The van der Waals surface area contributed by atoms with Crippen molar-refractivity contribution < 1.29 is 14.2 Å². The number of hydrogen-bond acceptors (Lipinski definition) is 4. The molecule has 0 spiro atoms. The Kier molecular flexibility index (Phi) is 8.25. The van der Waals surface area contributed by atoms with E-state index in [1.807, 2.05) is 19.1 Å². The predicted molar refractivity (Wildman–Crippen MR) is 104 cm³/mol. The highest BCUT2D eigenvalue weighted by atomic mass is 79.9. The van der Waals surface area contributed by atoms with Crippen LogP contribution < -0.4 is 14.8 Å². The Bertz CT molecular complexity index is 676. The van der Waals surface area contributed by atoms with Crippen molar-refractivity contribution in [3.8, 4) is 11.5 Å². The van der Waals surface area contributed by atoms with Crippen LogP contribution in [0, 0.1) is 6.92 Å². The first-order valence-electron chi connectivity index (χ1n) is 8.47. The summed E-state index contributed by atoms with van der Waals surface area (Å²) in [5.41, 5.74) is 3.50. The second-order valence-corrected chi connectivity index (χ2v) is 6.64. The smallest absolute Gasteiger partial charge is 0.175 e. The van der Waals surface area contributed by atoms with E-state index >= 15 is 0 Å². The molecule has 0 radical (unpaired) electrons. The minimum absolute atomic E-state index is 0.506. The maximum Gasteiger partial charge on any atom is 0.175 e. The molecule has 0 atom stereocenters. The fourth-order valence-electron chi connectivity index (χ4n) is 2.49. The van der Waals surface area contributed by atoms with Crippen LogP contribution in [0.1, 0.15) is 23.6 Å². The topological polar surface area (TPSA) is 39.7 Å². The fraction of sp³-hybridized carbons (Fsp3) is 0.400. The van der Waals surface area contributed by atoms with E-state index in [1.165, 1.54) is 5.56 Å². The average molecular weight is 408 g/mol. The van der Waals surface area contributed by atoms with Gasteiger partial charge in [0.25, 0.3) is 0 Å². The van der Waals surface area contributed by atoms with Gasteiger partial charge in [-0.15, -0.1) is 0 Å². The lowest BCUT2D eigenvalue weighted by Crippen LogP contribution is -2.18. The van der Waals surface area contributed by atoms with Crippen LogP contribution >= 0.6 is 15.9 Å². The first-order chi connectivity index (χ1) is 12.1. The third-order valence-electron chi connectivity index (χ3n) is 3.65. The van der Waals surface area contributed by atoms with Gasteiger partial charge >= 0.3 is 0 Å². The van der Waals surface area contributed by atoms with Gasteiger partial charge in [-0.25, -0.2) is 0 Å². The molecule has 0 saturated carbocycles. The second-order valence-electron chi connectivity index (χ2n) is 5.79. The van der Waals surface area contributed by atoms with Crippen molar-refractivity contribution in [2.24, 2.45) is 0 Å². The van der Waals surface area contributed by atoms with E-state index in [-0.39, 0.29) is 0 Å². The van der Waals surface area contributed by atoms with Gasteiger partial charge in [0, 0.05) is 20.2 Å². The Labute approximate surface area is 158 Å². The van der Waals surface area contributed by atoms with Crippen LogP contribution in [-0.4, -0.2) is 26.9 Å². The van der Waals surface area contributed by atoms with Crippen molar-refractivity contribution in [1.82, 2.24) is 5.32 Å². The Hall–Kier alpha value is -1.56. The van der Waals surface area contributed by atoms with Gasteiger partial charge in [0.05, 0.1) is 17.7 Å². The molecular weight excluding hydrogens is 382 g/mol. The molecule has 1 N–H and O–H groups in total. The van der Waals surface area contributed by atoms with Crippen molar-refractivity contribution in [2.45, 2.75) is 27.0 Å². The molecule has 2 aromatic carbocycles. The number of rotatable bonds is 10. The molecule has 0 fully saturated rings. The largest absolute Gasteiger partial charge is 0.490 e. The van der Waals surface area contributed by atoms with Crippen molar-refractivity contribution in [3.05, 3.63) is 57.6 Å². The minimum atomic E-state index is 0.506. The van der Waals surface area contributed by atoms with E-state index in [4.69, 9.17) is 14.2 Å². The SMILES string of the molecule is CCOc1cc(CNCCOC)cc(Br)c1OCc1cccc(C)c1. The summed E-state index contributed by atoms with van der Waals surface area (Å²) in [5, 5.41) is 3.34. The number of hydrogen-bond donors (Lipinski definition) is 1. The molecule has 0 unspecified atom stereocenters. The fourth-order valence-corrected chi connectivity index (χ4v) is 3.09. The molecule has 0 bridgehead atoms. The van der Waals surface area contributed by atoms with E-state index in [2.05, 4.69) is 52.4 Å². The Morgan fingerprint density at radius 1 is 1.08 bits per heavy atom. The number of ether oxygens (including phenoxy) is 3. The molecule has 4 nitrogen and oxygen atoms in total. The standard InChI is InChI=1S/C20H26BrNO3/c1-4-24-19-12-17(13-22-8-9-23-3)11-18(21)20(19)25-14-16-7-5-6-15(2)10-16/h5-7,10-12,22H,4,8-9,13-14H2,1-3H3. The summed E-state index contributed by atoms with van der Waals surface area (Å²) in [6.45, 7) is 7.40. The Balaban J connectivity index is 2.10. The van der Waals surface area contributed by atoms with E-state index in [0.717, 1.165) is 40.2 Å². The normalized spacial score (nSPS) is 10.7. The highest BCUT2D eigenvalue weighted by molar-refractivity contribution is 9.10. The molecule has 0 aliphatic heterocycles. The summed E-state index contributed by atoms with van der Waals surface area (Å²) < 4.78 is 17.8. The third-order valence-corrected chi connectivity index (χ3v) is 4.24. The van der Waals surface area contributed by atoms with Gasteiger partial charge < -0.3 is 19.5 Å². The van der Waals surface area contributed by atoms with Crippen LogP contribution in [0.2, 0.25) is 0 Å². The zero-order valence-corrected chi connectivity index (χ0v) is 16.7. The molecule has 0 amide bonds. The number of aryl methyl sites for hydroxylation is 1. The highest BCUT2D eigenvalue weighted by Gasteiger charge is 2.12. The van der Waals surface area contributed by atoms with Gasteiger partial charge in [-0.1, -0.05) is 29.8 Å². The molecule has 5 heteroatoms. The van der Waals surface area contributed by atoms with Crippen LogP contribution in [0.25, 0.3) is 0 Å². The Morgan fingerprint density at radius 2 is 1.92 bits per heavy atom. The van der Waals surface area contributed by atoms with Crippen molar-refractivity contribution in [1.29, 1.82) is 0 Å². The molecule has 0 aromatic heterocycles. The first kappa shape index (κ1) is 19.8. The van der Waals surface area contributed by atoms with Crippen LogP contribution in [0.5, 0.6) is 11.5 Å². The quantitative estimate of drug-likeness (QED) is 0.589. The van der Waals surface area contributed by atoms with Crippen molar-refractivity contribution >= 4 is 15.9 Å². The van der Waals surface area contributed by atoms with E-state index in [9.17, 15) is 0 Å². The molecule has 0 saturated heterocycles. The molecule has 2 rings (SSSR count). The molecule has 0 heterocycles. The summed E-state index contributed by atoms with van der Waals surface area (Å²) >= 11 is 3.62. The summed E-state index contributed by atoms with van der Waals surface area (Å²) in [5.74, 6) is 1.50. The number of benzene rings is 2. The molecular formula is C20H26BrNO3. The first-order valence-corrected chi connectivity index (χ1v) is 9.26. The number of methoxy groups -OCH3 is 1. The molecule has 2 aromatic rings. The van der Waals surface area contributed by atoms with Crippen LogP contribution in [0.3, 0.4) is 0 Å². The zero-order valence-electron chi connectivity index (χ0n) is 15.1. The highest BCUT2D eigenvalue weighted by Crippen LogP contribution is 2.37. The van der Waals surface area contributed by atoms with E-state index in [1.54, 1.807) is 7.11 Å². The third kappa shape index (κ3) is 6.34. The van der Waals surface area contributed by atoms with Gasteiger partial charge in [-0.3, -0.25) is 0 Å². The maximum absolute atomic E-state index is 6.05. The monoisotopic (exact) mass is 407 g/mol. The average Bonchev–Trinajstić information content (AvgIpc) is 2.58. The van der Waals surface area contributed by atoms with Crippen LogP contribution in [0.4, 0.5) is 0 Å². The molecule has 25 heavy (non-hydrogen) atoms. The van der Waals surface area contributed by atoms with E-state index in [0.29, 0.717) is 19.8 Å².